The van der Waals surface area contributed by atoms with Gasteiger partial charge in [-0.05, 0) is 42.5 Å². The summed E-state index contributed by atoms with van der Waals surface area (Å²) < 4.78 is 17.4. The van der Waals surface area contributed by atoms with Gasteiger partial charge in [-0.2, -0.15) is 0 Å². The zero-order chi connectivity index (χ0) is 22.1. The SMILES string of the molecule is CN(C)c1ccc(C(=O)N[C@H]2CO[C@H]3[C@@H]2OC[C@@H]3Nc2nccc(-c3ccco3)n2)cc1. The van der Waals surface area contributed by atoms with Crippen LogP contribution in [0.3, 0.4) is 0 Å². The fourth-order valence-corrected chi connectivity index (χ4v) is 4.07. The predicted molar refractivity (Wildman–Crippen MR) is 119 cm³/mol. The van der Waals surface area contributed by atoms with Gasteiger partial charge >= 0.3 is 0 Å². The number of benzene rings is 1. The first-order valence-corrected chi connectivity index (χ1v) is 10.5. The van der Waals surface area contributed by atoms with E-state index in [9.17, 15) is 4.79 Å². The number of ether oxygens (including phenoxy) is 2. The second-order valence-corrected chi connectivity index (χ2v) is 8.11. The second-order valence-electron chi connectivity index (χ2n) is 8.11. The maximum Gasteiger partial charge on any atom is 0.251 e. The molecule has 1 aromatic carbocycles. The van der Waals surface area contributed by atoms with E-state index in [1.165, 1.54) is 0 Å². The zero-order valence-corrected chi connectivity index (χ0v) is 17.9. The summed E-state index contributed by atoms with van der Waals surface area (Å²) in [5.41, 5.74) is 2.34. The van der Waals surface area contributed by atoms with Crippen LogP contribution >= 0.6 is 0 Å². The highest BCUT2D eigenvalue weighted by Crippen LogP contribution is 2.29. The van der Waals surface area contributed by atoms with E-state index in [0.717, 1.165) is 5.69 Å². The Kier molecular flexibility index (Phi) is 5.50. The molecule has 0 bridgehead atoms. The van der Waals surface area contributed by atoms with Crippen LogP contribution in [0.15, 0.2) is 59.3 Å². The molecule has 2 aliphatic heterocycles. The van der Waals surface area contributed by atoms with Gasteiger partial charge in [-0.1, -0.05) is 0 Å². The quantitative estimate of drug-likeness (QED) is 0.608. The molecule has 2 aromatic heterocycles. The summed E-state index contributed by atoms with van der Waals surface area (Å²) in [4.78, 5) is 23.5. The van der Waals surface area contributed by atoms with Crippen molar-refractivity contribution in [2.45, 2.75) is 24.3 Å². The van der Waals surface area contributed by atoms with E-state index in [-0.39, 0.29) is 30.2 Å². The Morgan fingerprint density at radius 1 is 1.03 bits per heavy atom. The molecule has 3 aromatic rings. The molecule has 0 spiro atoms. The standard InChI is InChI=1S/C23H25N5O4/c1-28(2)15-7-5-14(6-8-15)22(29)25-17-12-31-21-18(13-32-20(17)21)27-23-24-10-9-16(26-23)19-4-3-11-30-19/h3-11,17-18,20-21H,12-13H2,1-2H3,(H,25,29)(H,24,26,27)/t17-,18-,20+,21+/m0/s1. The van der Waals surface area contributed by atoms with Gasteiger partial charge in [-0.3, -0.25) is 4.79 Å². The normalized spacial score (nSPS) is 24.2. The van der Waals surface area contributed by atoms with Crippen molar-refractivity contribution in [1.29, 1.82) is 0 Å². The molecule has 0 saturated carbocycles. The average Bonchev–Trinajstić information content (AvgIpc) is 3.55. The van der Waals surface area contributed by atoms with Crippen molar-refractivity contribution in [3.8, 4) is 11.5 Å². The number of furan rings is 1. The van der Waals surface area contributed by atoms with Gasteiger partial charge in [0.05, 0.1) is 31.6 Å². The summed E-state index contributed by atoms with van der Waals surface area (Å²) in [6, 6.07) is 12.6. The number of amides is 1. The highest BCUT2D eigenvalue weighted by atomic mass is 16.6. The monoisotopic (exact) mass is 435 g/mol. The molecule has 4 heterocycles. The number of anilines is 2. The van der Waals surface area contributed by atoms with Crippen molar-refractivity contribution >= 4 is 17.5 Å². The van der Waals surface area contributed by atoms with Crippen LogP contribution in [0.25, 0.3) is 11.5 Å². The number of carbonyl (C=O) groups is 1. The zero-order valence-electron chi connectivity index (χ0n) is 17.9. The van der Waals surface area contributed by atoms with Crippen LogP contribution in [0, 0.1) is 0 Å². The topological polar surface area (TPSA) is 102 Å². The Hall–Kier alpha value is -3.43. The summed E-state index contributed by atoms with van der Waals surface area (Å²) in [6.07, 6.45) is 2.86. The summed E-state index contributed by atoms with van der Waals surface area (Å²) in [6.45, 7) is 0.829. The first-order chi connectivity index (χ1) is 15.6. The number of hydrogen-bond acceptors (Lipinski definition) is 8. The molecule has 166 valence electrons. The molecule has 2 N–H and O–H groups in total. The Bertz CT molecular complexity index is 1070. The molecule has 9 heteroatoms. The number of rotatable bonds is 6. The first-order valence-electron chi connectivity index (χ1n) is 10.5. The third-order valence-electron chi connectivity index (χ3n) is 5.76. The average molecular weight is 435 g/mol. The molecule has 5 rings (SSSR count). The molecular weight excluding hydrogens is 410 g/mol. The molecule has 2 fully saturated rings. The third kappa shape index (κ3) is 4.04. The van der Waals surface area contributed by atoms with Gasteiger partial charge in [-0.25, -0.2) is 9.97 Å². The van der Waals surface area contributed by atoms with Crippen molar-refractivity contribution in [3.63, 3.8) is 0 Å². The first kappa shape index (κ1) is 20.5. The molecule has 0 aliphatic carbocycles. The number of hydrogen-bond donors (Lipinski definition) is 2. The van der Waals surface area contributed by atoms with Crippen LogP contribution in [0.4, 0.5) is 11.6 Å². The van der Waals surface area contributed by atoms with Gasteiger partial charge in [0.1, 0.15) is 17.9 Å². The van der Waals surface area contributed by atoms with Crippen molar-refractivity contribution in [1.82, 2.24) is 15.3 Å². The largest absolute Gasteiger partial charge is 0.463 e. The lowest BCUT2D eigenvalue weighted by Crippen LogP contribution is -2.44. The summed E-state index contributed by atoms with van der Waals surface area (Å²) in [5, 5.41) is 6.36. The number of carbonyl (C=O) groups excluding carboxylic acids is 1. The highest BCUT2D eigenvalue weighted by Gasteiger charge is 2.48. The lowest BCUT2D eigenvalue weighted by atomic mass is 10.1. The molecule has 2 saturated heterocycles. The minimum atomic E-state index is -0.231. The molecule has 1 amide bonds. The smallest absolute Gasteiger partial charge is 0.251 e. The van der Waals surface area contributed by atoms with Gasteiger partial charge < -0.3 is 29.4 Å². The van der Waals surface area contributed by atoms with Gasteiger partial charge in [0.15, 0.2) is 5.76 Å². The van der Waals surface area contributed by atoms with E-state index in [1.54, 1.807) is 18.5 Å². The van der Waals surface area contributed by atoms with Crippen molar-refractivity contribution in [2.75, 3.05) is 37.5 Å². The Balaban J connectivity index is 1.21. The maximum absolute atomic E-state index is 12.7. The van der Waals surface area contributed by atoms with E-state index < -0.39 is 0 Å². The molecule has 9 nitrogen and oxygen atoms in total. The minimum Gasteiger partial charge on any atom is -0.463 e. The number of aromatic nitrogens is 2. The molecule has 0 unspecified atom stereocenters. The van der Waals surface area contributed by atoms with Gasteiger partial charge in [0.25, 0.3) is 5.91 Å². The van der Waals surface area contributed by atoms with Crippen LogP contribution in [-0.4, -0.2) is 67.5 Å². The Morgan fingerprint density at radius 2 is 1.78 bits per heavy atom. The lowest BCUT2D eigenvalue weighted by molar-refractivity contribution is 0.0652. The van der Waals surface area contributed by atoms with Gasteiger partial charge in [0.2, 0.25) is 5.95 Å². The summed E-state index contributed by atoms with van der Waals surface area (Å²) in [5.74, 6) is 1.01. The Labute approximate surface area is 185 Å². The van der Waals surface area contributed by atoms with Gasteiger partial charge in [-0.15, -0.1) is 0 Å². The predicted octanol–water partition coefficient (Wildman–Crippen LogP) is 2.18. The molecule has 0 radical (unpaired) electrons. The molecule has 32 heavy (non-hydrogen) atoms. The third-order valence-corrected chi connectivity index (χ3v) is 5.76. The second kappa shape index (κ2) is 8.60. The van der Waals surface area contributed by atoms with Crippen molar-refractivity contribution in [2.24, 2.45) is 0 Å². The van der Waals surface area contributed by atoms with Crippen LogP contribution in [0.1, 0.15) is 10.4 Å². The number of fused-ring (bicyclic) bond motifs is 1. The molecular formula is C23H25N5O4. The molecule has 2 aliphatic rings. The van der Waals surface area contributed by atoms with Gasteiger partial charge in [0, 0.05) is 31.5 Å². The fraction of sp³-hybridized carbons (Fsp3) is 0.348. The maximum atomic E-state index is 12.7. The number of nitrogens with zero attached hydrogens (tertiary/aromatic N) is 3. The summed E-state index contributed by atoms with van der Waals surface area (Å²) >= 11 is 0. The van der Waals surface area contributed by atoms with Crippen LogP contribution < -0.4 is 15.5 Å². The summed E-state index contributed by atoms with van der Waals surface area (Å²) in [7, 11) is 3.93. The molecule has 4 atom stereocenters. The van der Waals surface area contributed by atoms with E-state index in [4.69, 9.17) is 13.9 Å². The van der Waals surface area contributed by atoms with Crippen LogP contribution in [-0.2, 0) is 9.47 Å². The van der Waals surface area contributed by atoms with E-state index >= 15 is 0 Å². The van der Waals surface area contributed by atoms with Crippen molar-refractivity contribution in [3.05, 3.63) is 60.5 Å². The fourth-order valence-electron chi connectivity index (χ4n) is 4.07. The Morgan fingerprint density at radius 3 is 2.50 bits per heavy atom. The highest BCUT2D eigenvalue weighted by molar-refractivity contribution is 5.94. The van der Waals surface area contributed by atoms with Crippen LogP contribution in [0.5, 0.6) is 0 Å². The minimum absolute atomic E-state index is 0.117. The van der Waals surface area contributed by atoms with E-state index in [0.29, 0.717) is 36.2 Å². The van der Waals surface area contributed by atoms with Crippen LogP contribution in [0.2, 0.25) is 0 Å². The van der Waals surface area contributed by atoms with E-state index in [1.807, 2.05) is 55.4 Å². The number of nitrogens with one attached hydrogen (secondary N) is 2. The van der Waals surface area contributed by atoms with Crippen molar-refractivity contribution < 1.29 is 18.7 Å². The lowest BCUT2D eigenvalue weighted by Gasteiger charge is -2.19. The van der Waals surface area contributed by atoms with E-state index in [2.05, 4.69) is 20.6 Å².